The molecule has 86 valence electrons. The fourth-order valence-corrected chi connectivity index (χ4v) is 1.88. The first kappa shape index (κ1) is 11.5. The van der Waals surface area contributed by atoms with E-state index in [0.717, 1.165) is 24.2 Å². The Morgan fingerprint density at radius 3 is 2.88 bits per heavy atom. The molecule has 0 saturated heterocycles. The monoisotopic (exact) mass is 224 g/mol. The number of allylic oxidation sites excluding steroid dienone is 2. The minimum absolute atomic E-state index is 0.909. The molecule has 1 aliphatic rings. The van der Waals surface area contributed by atoms with E-state index in [1.54, 1.807) is 7.11 Å². The largest absolute Gasteiger partial charge is 0.497 e. The summed E-state index contributed by atoms with van der Waals surface area (Å²) in [5.41, 5.74) is 4.69. The minimum atomic E-state index is 0.909. The van der Waals surface area contributed by atoms with Gasteiger partial charge in [-0.25, -0.2) is 0 Å². The summed E-state index contributed by atoms with van der Waals surface area (Å²) in [6.45, 7) is 5.71. The summed E-state index contributed by atoms with van der Waals surface area (Å²) in [4.78, 5) is 0. The zero-order chi connectivity index (χ0) is 12.3. The van der Waals surface area contributed by atoms with E-state index in [1.807, 2.05) is 13.0 Å². The number of ether oxygens (including phenoxy) is 1. The maximum Gasteiger partial charge on any atom is 0.119 e. The Morgan fingerprint density at radius 2 is 2.18 bits per heavy atom. The molecule has 0 spiro atoms. The summed E-state index contributed by atoms with van der Waals surface area (Å²) in [6, 6.07) is 6.19. The molecule has 17 heavy (non-hydrogen) atoms. The molecule has 2 rings (SSSR count). The highest BCUT2D eigenvalue weighted by Crippen LogP contribution is 2.26. The SMILES string of the molecule is C=C(C)C#CC1=Cc2ccc(OC)cc2CC1. The predicted octanol–water partition coefficient (Wildman–Crippen LogP) is 3.60. The maximum atomic E-state index is 5.23. The van der Waals surface area contributed by atoms with Crippen molar-refractivity contribution in [3.8, 4) is 17.6 Å². The lowest BCUT2D eigenvalue weighted by Crippen LogP contribution is -1.99. The van der Waals surface area contributed by atoms with Crippen molar-refractivity contribution >= 4 is 6.08 Å². The molecule has 0 fully saturated rings. The second-order valence-corrected chi connectivity index (χ2v) is 4.26. The predicted molar refractivity (Wildman–Crippen MR) is 71.9 cm³/mol. The molecule has 0 amide bonds. The fourth-order valence-electron chi connectivity index (χ4n) is 1.88. The van der Waals surface area contributed by atoms with E-state index in [0.29, 0.717) is 0 Å². The Hall–Kier alpha value is -1.94. The normalized spacial score (nSPS) is 12.9. The lowest BCUT2D eigenvalue weighted by molar-refractivity contribution is 0.414. The van der Waals surface area contributed by atoms with Gasteiger partial charge in [-0.2, -0.15) is 0 Å². The van der Waals surface area contributed by atoms with E-state index < -0.39 is 0 Å². The summed E-state index contributed by atoms with van der Waals surface area (Å²) in [7, 11) is 1.70. The van der Waals surface area contributed by atoms with Gasteiger partial charge < -0.3 is 4.74 Å². The first-order valence-electron chi connectivity index (χ1n) is 5.74. The third-order valence-electron chi connectivity index (χ3n) is 2.78. The Kier molecular flexibility index (Phi) is 3.35. The van der Waals surface area contributed by atoms with Crippen LogP contribution in [0.1, 0.15) is 24.5 Å². The topological polar surface area (TPSA) is 9.23 Å². The highest BCUT2D eigenvalue weighted by molar-refractivity contribution is 5.65. The molecule has 0 radical (unpaired) electrons. The number of hydrogen-bond donors (Lipinski definition) is 0. The van der Waals surface area contributed by atoms with E-state index in [9.17, 15) is 0 Å². The lowest BCUT2D eigenvalue weighted by Gasteiger charge is -2.14. The molecule has 1 heteroatoms. The van der Waals surface area contributed by atoms with Crippen molar-refractivity contribution in [2.45, 2.75) is 19.8 Å². The summed E-state index contributed by atoms with van der Waals surface area (Å²) in [6.07, 6.45) is 4.19. The molecule has 1 aromatic rings. The van der Waals surface area contributed by atoms with Crippen molar-refractivity contribution in [2.24, 2.45) is 0 Å². The molecule has 1 aromatic carbocycles. The van der Waals surface area contributed by atoms with Gasteiger partial charge in [0.05, 0.1) is 7.11 Å². The minimum Gasteiger partial charge on any atom is -0.497 e. The summed E-state index contributed by atoms with van der Waals surface area (Å²) in [5.74, 6) is 7.13. The molecule has 0 bridgehead atoms. The van der Waals surface area contributed by atoms with Crippen molar-refractivity contribution in [3.05, 3.63) is 47.1 Å². The van der Waals surface area contributed by atoms with Crippen molar-refractivity contribution in [1.82, 2.24) is 0 Å². The van der Waals surface area contributed by atoms with Crippen molar-refractivity contribution in [2.75, 3.05) is 7.11 Å². The van der Waals surface area contributed by atoms with Gasteiger partial charge in [-0.1, -0.05) is 24.5 Å². The zero-order valence-corrected chi connectivity index (χ0v) is 10.3. The summed E-state index contributed by atoms with van der Waals surface area (Å²) in [5, 5.41) is 0. The second-order valence-electron chi connectivity index (χ2n) is 4.26. The van der Waals surface area contributed by atoms with Gasteiger partial charge in [0.25, 0.3) is 0 Å². The van der Waals surface area contributed by atoms with E-state index in [-0.39, 0.29) is 0 Å². The van der Waals surface area contributed by atoms with Gasteiger partial charge >= 0.3 is 0 Å². The van der Waals surface area contributed by atoms with Crippen LogP contribution in [0.5, 0.6) is 5.75 Å². The van der Waals surface area contributed by atoms with Crippen LogP contribution < -0.4 is 4.74 Å². The standard InChI is InChI=1S/C16H16O/c1-12(2)4-5-13-6-7-15-11-16(17-3)9-8-14(15)10-13/h8-11H,1,6-7H2,2-3H3. The smallest absolute Gasteiger partial charge is 0.119 e. The van der Waals surface area contributed by atoms with Crippen LogP contribution in [0, 0.1) is 11.8 Å². The van der Waals surface area contributed by atoms with Crippen molar-refractivity contribution < 1.29 is 4.74 Å². The van der Waals surface area contributed by atoms with Gasteiger partial charge in [0.15, 0.2) is 0 Å². The Bertz CT molecular complexity index is 538. The van der Waals surface area contributed by atoms with E-state index in [4.69, 9.17) is 4.74 Å². The summed E-state index contributed by atoms with van der Waals surface area (Å²) >= 11 is 0. The molecule has 0 heterocycles. The van der Waals surface area contributed by atoms with Crippen LogP contribution in [0.4, 0.5) is 0 Å². The first-order chi connectivity index (χ1) is 8.19. The second kappa shape index (κ2) is 4.93. The molecule has 1 nitrogen and oxygen atoms in total. The zero-order valence-electron chi connectivity index (χ0n) is 10.3. The van der Waals surface area contributed by atoms with Crippen LogP contribution >= 0.6 is 0 Å². The molecule has 0 unspecified atom stereocenters. The molecule has 0 N–H and O–H groups in total. The first-order valence-corrected chi connectivity index (χ1v) is 5.74. The van der Waals surface area contributed by atoms with Gasteiger partial charge in [0.1, 0.15) is 5.75 Å². The Labute approximate surface area is 103 Å². The Balaban J connectivity index is 2.30. The van der Waals surface area contributed by atoms with Crippen LogP contribution in [0.25, 0.3) is 6.08 Å². The third kappa shape index (κ3) is 2.79. The van der Waals surface area contributed by atoms with Crippen LogP contribution in [0.15, 0.2) is 35.9 Å². The van der Waals surface area contributed by atoms with Gasteiger partial charge in [0, 0.05) is 5.57 Å². The van der Waals surface area contributed by atoms with E-state index in [2.05, 4.69) is 36.6 Å². The number of aryl methyl sites for hydroxylation is 1. The van der Waals surface area contributed by atoms with Crippen LogP contribution in [-0.4, -0.2) is 7.11 Å². The average Bonchev–Trinajstić information content (AvgIpc) is 2.35. The number of benzene rings is 1. The summed E-state index contributed by atoms with van der Waals surface area (Å²) < 4.78 is 5.23. The number of hydrogen-bond acceptors (Lipinski definition) is 1. The van der Waals surface area contributed by atoms with Crippen LogP contribution in [-0.2, 0) is 6.42 Å². The van der Waals surface area contributed by atoms with Gasteiger partial charge in [0.2, 0.25) is 0 Å². The molecule has 1 aliphatic carbocycles. The van der Waals surface area contributed by atoms with Crippen molar-refractivity contribution in [3.63, 3.8) is 0 Å². The van der Waals surface area contributed by atoms with E-state index in [1.165, 1.54) is 16.7 Å². The fraction of sp³-hybridized carbons (Fsp3) is 0.250. The molecule has 0 atom stereocenters. The van der Waals surface area contributed by atoms with Crippen LogP contribution in [0.2, 0.25) is 0 Å². The third-order valence-corrected chi connectivity index (χ3v) is 2.78. The molecule has 0 aromatic heterocycles. The average molecular weight is 224 g/mol. The molecular formula is C16H16O. The number of methoxy groups -OCH3 is 1. The molecule has 0 saturated carbocycles. The molecular weight excluding hydrogens is 208 g/mol. The van der Waals surface area contributed by atoms with Gasteiger partial charge in [-0.3, -0.25) is 0 Å². The van der Waals surface area contributed by atoms with E-state index >= 15 is 0 Å². The lowest BCUT2D eigenvalue weighted by atomic mass is 9.92. The van der Waals surface area contributed by atoms with Gasteiger partial charge in [-0.05, 0) is 54.7 Å². The van der Waals surface area contributed by atoms with Crippen molar-refractivity contribution in [1.29, 1.82) is 0 Å². The highest BCUT2D eigenvalue weighted by Gasteiger charge is 2.09. The van der Waals surface area contributed by atoms with Gasteiger partial charge in [-0.15, -0.1) is 0 Å². The number of fused-ring (bicyclic) bond motifs is 1. The maximum absolute atomic E-state index is 5.23. The Morgan fingerprint density at radius 1 is 1.35 bits per heavy atom. The highest BCUT2D eigenvalue weighted by atomic mass is 16.5. The number of rotatable bonds is 1. The molecule has 0 aliphatic heterocycles. The van der Waals surface area contributed by atoms with Crippen LogP contribution in [0.3, 0.4) is 0 Å². The quantitative estimate of drug-likeness (QED) is 0.662.